The first-order chi connectivity index (χ1) is 32.1. The van der Waals surface area contributed by atoms with Gasteiger partial charge in [0.15, 0.2) is 0 Å². The lowest BCUT2D eigenvalue weighted by Crippen LogP contribution is -2.07. The van der Waals surface area contributed by atoms with Crippen LogP contribution in [0.1, 0.15) is 207 Å². The molecule has 3 nitrogen and oxygen atoms in total. The van der Waals surface area contributed by atoms with E-state index >= 15 is 0 Å². The van der Waals surface area contributed by atoms with Gasteiger partial charge in [-0.15, -0.1) is 0 Å². The fourth-order valence-electron chi connectivity index (χ4n) is 6.40. The molecule has 2 atom stereocenters. The van der Waals surface area contributed by atoms with E-state index in [2.05, 4.69) is 247 Å². The molecule has 3 aromatic carbocycles. The molecule has 1 aliphatic heterocycles. The van der Waals surface area contributed by atoms with Crippen LogP contribution in [0.4, 0.5) is 0 Å². The van der Waals surface area contributed by atoms with E-state index in [9.17, 15) is 0 Å². The number of benzene rings is 3. The number of hydrogen-bond acceptors (Lipinski definition) is 2. The van der Waals surface area contributed by atoms with E-state index in [1.807, 2.05) is 20.1 Å². The summed E-state index contributed by atoms with van der Waals surface area (Å²) in [6, 6.07) is 27.9. The molecule has 69 heavy (non-hydrogen) atoms. The molecule has 2 N–H and O–H groups in total. The maximum atomic E-state index is 8.63. The van der Waals surface area contributed by atoms with Crippen LogP contribution >= 0.6 is 0 Å². The molecule has 1 aliphatic rings. The van der Waals surface area contributed by atoms with Gasteiger partial charge in [-0.05, 0) is 134 Å². The second-order valence-corrected chi connectivity index (χ2v) is 23.6. The molecule has 0 radical (unpaired) electrons. The van der Waals surface area contributed by atoms with E-state index in [1.165, 1.54) is 64.5 Å². The number of nitrogens with one attached hydrogen (secondary N) is 1. The second kappa shape index (κ2) is 42.3. The minimum absolute atomic E-state index is 0.148. The number of aryl methyl sites for hydroxylation is 1. The maximum absolute atomic E-state index is 8.63. The molecule has 5 rings (SSSR count). The molecule has 0 spiro atoms. The molecule has 4 aromatic rings. The van der Waals surface area contributed by atoms with Crippen LogP contribution < -0.4 is 0 Å². The highest BCUT2D eigenvalue weighted by atomic mass is 16.3. The summed E-state index contributed by atoms with van der Waals surface area (Å²) < 4.78 is 0. The highest BCUT2D eigenvalue weighted by molar-refractivity contribution is 5.83. The number of para-hydroxylation sites is 1. The number of allylic oxidation sites excluding steroid dienone is 2. The summed E-state index contributed by atoms with van der Waals surface area (Å²) in [6.07, 6.45) is 14.6. The number of H-pyrrole nitrogens is 1. The predicted molar refractivity (Wildman–Crippen MR) is 317 cm³/mol. The van der Waals surface area contributed by atoms with Gasteiger partial charge in [-0.2, -0.15) is 0 Å². The molecule has 0 fully saturated rings. The number of rotatable bonds is 14. The molecular formula is C66H116N2O. The minimum atomic E-state index is -0.148. The number of aliphatic hydroxyl groups excluding tert-OH is 1. The fourth-order valence-corrected chi connectivity index (χ4v) is 6.40. The fraction of sp³-hybridized carbons (Fsp3) is 0.652. The van der Waals surface area contributed by atoms with Gasteiger partial charge in [-0.25, -0.2) is 0 Å². The Morgan fingerprint density at radius 2 is 0.928 bits per heavy atom. The zero-order valence-electron chi connectivity index (χ0n) is 50.0. The normalized spacial score (nSPS) is 12.5. The first-order valence-corrected chi connectivity index (χ1v) is 27.7. The monoisotopic (exact) mass is 953 g/mol. The summed E-state index contributed by atoms with van der Waals surface area (Å²) in [5.41, 5.74) is 8.19. The first-order valence-electron chi connectivity index (χ1n) is 27.7. The standard InChI is InChI=1S/C12H15N.C11H16.C10H14.C8H13N.2C7H16.C6H14.C5H12O/c1-9(2)7-10-8-13-12-6-4-3-5-11(10)12;1-9(2)8-11-6-4-10(3)5-7-11;1-9(2)8-10-6-4-3-5-7-10;1-7(2)6-8-4-3-5-9-8;1-6(2)5-7(3)4;1-5-7(4)6(2)3;1-5(2)6(3)4;1-4(2)5(3)6/h3-6,8-9,13H,7H2,1-2H3;4-7,9H,8H2,1-3H3;3-7,9H,8H2,1-2H3;4-5,7H,3,6H2,1-2H3;2*6-7H,5H2,1-4H3;5-6H,1-4H3;4-6H,1-3H3. The Balaban J connectivity index is -0.000000734. The third-order valence-electron chi connectivity index (χ3n) is 11.9. The van der Waals surface area contributed by atoms with Crippen LogP contribution in [0, 0.1) is 72.0 Å². The molecule has 2 heterocycles. The predicted octanol–water partition coefficient (Wildman–Crippen LogP) is 20.5. The topological polar surface area (TPSA) is 48.4 Å². The summed E-state index contributed by atoms with van der Waals surface area (Å²) in [7, 11) is 0. The second-order valence-electron chi connectivity index (χ2n) is 23.6. The summed E-state index contributed by atoms with van der Waals surface area (Å²) in [4.78, 5) is 7.51. The van der Waals surface area contributed by atoms with Crippen molar-refractivity contribution >= 4 is 17.1 Å². The lowest BCUT2D eigenvalue weighted by atomic mass is 9.96. The number of aromatic amines is 1. The molecular weight excluding hydrogens is 837 g/mol. The van der Waals surface area contributed by atoms with Crippen molar-refractivity contribution in [2.45, 2.75) is 217 Å². The average Bonchev–Trinajstić information content (AvgIpc) is 3.92. The molecule has 0 saturated carbocycles. The van der Waals surface area contributed by atoms with Gasteiger partial charge in [0.05, 0.1) is 6.10 Å². The van der Waals surface area contributed by atoms with Crippen molar-refractivity contribution in [1.29, 1.82) is 0 Å². The van der Waals surface area contributed by atoms with Gasteiger partial charge in [0.1, 0.15) is 0 Å². The van der Waals surface area contributed by atoms with Crippen LogP contribution in [-0.4, -0.2) is 22.4 Å². The van der Waals surface area contributed by atoms with E-state index in [4.69, 9.17) is 5.11 Å². The van der Waals surface area contributed by atoms with Crippen LogP contribution in [0.15, 0.2) is 102 Å². The number of aliphatic imine (C=N–C) groups is 1. The largest absolute Gasteiger partial charge is 0.393 e. The Morgan fingerprint density at radius 1 is 0.493 bits per heavy atom. The van der Waals surface area contributed by atoms with Gasteiger partial charge >= 0.3 is 0 Å². The van der Waals surface area contributed by atoms with Gasteiger partial charge < -0.3 is 10.1 Å². The van der Waals surface area contributed by atoms with Crippen molar-refractivity contribution in [3.05, 3.63) is 119 Å². The SMILES string of the molecule is CC(C)C(C)C.CC(C)C(C)O.CC(C)CC(C)C.CC(C)CC1=CCC=N1.CC(C)Cc1c[nH]c2ccccc12.CC(C)Cc1ccccc1.CCC(C)C(C)C.Cc1ccc(CC(C)C)cc1. The third kappa shape index (κ3) is 44.3. The van der Waals surface area contributed by atoms with Crippen LogP contribution in [-0.2, 0) is 19.3 Å². The van der Waals surface area contributed by atoms with E-state index in [-0.39, 0.29) is 6.10 Å². The zero-order valence-corrected chi connectivity index (χ0v) is 50.0. The van der Waals surface area contributed by atoms with Gasteiger partial charge in [0.25, 0.3) is 0 Å². The van der Waals surface area contributed by atoms with Crippen LogP contribution in [0.5, 0.6) is 0 Å². The summed E-state index contributed by atoms with van der Waals surface area (Å²) in [5.74, 6) is 8.62. The average molecular weight is 954 g/mol. The Bertz CT molecular complexity index is 1730. The molecule has 0 aliphatic carbocycles. The van der Waals surface area contributed by atoms with Crippen molar-refractivity contribution in [3.63, 3.8) is 0 Å². The number of nitrogens with zero attached hydrogens (tertiary/aromatic N) is 1. The molecule has 396 valence electrons. The lowest BCUT2D eigenvalue weighted by molar-refractivity contribution is 0.144. The van der Waals surface area contributed by atoms with Crippen molar-refractivity contribution in [2.75, 3.05) is 0 Å². The van der Waals surface area contributed by atoms with Gasteiger partial charge in [0, 0.05) is 35.4 Å². The van der Waals surface area contributed by atoms with E-state index < -0.39 is 0 Å². The number of aliphatic hydroxyl groups is 1. The minimum Gasteiger partial charge on any atom is -0.393 e. The quantitative estimate of drug-likeness (QED) is 0.130. The maximum Gasteiger partial charge on any atom is 0.0535 e. The first kappa shape index (κ1) is 69.8. The number of fused-ring (bicyclic) bond motifs is 1. The van der Waals surface area contributed by atoms with E-state index in [0.29, 0.717) is 5.92 Å². The van der Waals surface area contributed by atoms with Crippen molar-refractivity contribution < 1.29 is 5.11 Å². The molecule has 0 amide bonds. The number of aromatic nitrogens is 1. The Morgan fingerprint density at radius 3 is 1.26 bits per heavy atom. The summed E-state index contributed by atoms with van der Waals surface area (Å²) in [5, 5.41) is 10.0. The van der Waals surface area contributed by atoms with Gasteiger partial charge in [-0.3, -0.25) is 4.99 Å². The van der Waals surface area contributed by atoms with Gasteiger partial charge in [-0.1, -0.05) is 243 Å². The van der Waals surface area contributed by atoms with Crippen LogP contribution in [0.3, 0.4) is 0 Å². The van der Waals surface area contributed by atoms with Crippen LogP contribution in [0.2, 0.25) is 0 Å². The summed E-state index contributed by atoms with van der Waals surface area (Å²) in [6.45, 7) is 52.9. The Kier molecular flexibility index (Phi) is 42.8. The molecule has 1 aromatic heterocycles. The van der Waals surface area contributed by atoms with E-state index in [1.54, 1.807) is 6.92 Å². The van der Waals surface area contributed by atoms with Crippen molar-refractivity contribution in [2.24, 2.45) is 70.1 Å². The van der Waals surface area contributed by atoms with Gasteiger partial charge in [0.2, 0.25) is 0 Å². The third-order valence-corrected chi connectivity index (χ3v) is 11.9. The molecule has 3 heteroatoms. The number of hydrogen-bond donors (Lipinski definition) is 2. The highest BCUT2D eigenvalue weighted by Crippen LogP contribution is 2.20. The Labute approximate surface area is 431 Å². The molecule has 0 bridgehead atoms. The van der Waals surface area contributed by atoms with E-state index in [0.717, 1.165) is 78.4 Å². The zero-order chi connectivity index (χ0) is 53.6. The highest BCUT2D eigenvalue weighted by Gasteiger charge is 2.05. The van der Waals surface area contributed by atoms with Crippen molar-refractivity contribution in [3.8, 4) is 0 Å². The van der Waals surface area contributed by atoms with Crippen LogP contribution in [0.25, 0.3) is 10.9 Å². The summed E-state index contributed by atoms with van der Waals surface area (Å²) >= 11 is 0. The smallest absolute Gasteiger partial charge is 0.0535 e. The Hall–Kier alpha value is -3.43. The lowest BCUT2D eigenvalue weighted by Gasteiger charge is -2.10. The molecule has 2 unspecified atom stereocenters. The molecule has 0 saturated heterocycles. The van der Waals surface area contributed by atoms with Crippen molar-refractivity contribution in [1.82, 2.24) is 4.98 Å².